The molecule has 0 aromatic heterocycles. The Balaban J connectivity index is 1.88. The maximum atomic E-state index is 10.6. The van der Waals surface area contributed by atoms with E-state index in [4.69, 9.17) is 15.4 Å². The van der Waals surface area contributed by atoms with Gasteiger partial charge in [-0.25, -0.2) is 8.42 Å². The van der Waals surface area contributed by atoms with Gasteiger partial charge in [-0.2, -0.15) is 0 Å². The highest BCUT2D eigenvalue weighted by Crippen LogP contribution is 2.36. The molecular weight excluding hydrogens is 236 g/mol. The molecule has 1 aliphatic rings. The normalized spacial score (nSPS) is 19.1. The number of rotatable bonds is 8. The molecule has 0 aromatic rings. The molecule has 90 valence electrons. The fourth-order valence-electron chi connectivity index (χ4n) is 1.55. The summed E-state index contributed by atoms with van der Waals surface area (Å²) in [5.74, 6) is 1.57. The zero-order valence-electron chi connectivity index (χ0n) is 9.12. The molecule has 0 heterocycles. The summed E-state index contributed by atoms with van der Waals surface area (Å²) in [6.45, 7) is 3.66. The predicted molar refractivity (Wildman–Crippen MR) is 61.6 cm³/mol. The molecule has 5 heteroatoms. The summed E-state index contributed by atoms with van der Waals surface area (Å²) in [5.41, 5.74) is 0. The Morgan fingerprint density at radius 3 is 2.60 bits per heavy atom. The summed E-state index contributed by atoms with van der Waals surface area (Å²) in [5, 5.41) is 0. The first-order valence-electron chi connectivity index (χ1n) is 5.49. The largest absolute Gasteiger partial charge is 0.381 e. The molecule has 1 saturated carbocycles. The van der Waals surface area contributed by atoms with Gasteiger partial charge in [0, 0.05) is 23.9 Å². The zero-order chi connectivity index (χ0) is 11.3. The lowest BCUT2D eigenvalue weighted by atomic mass is 10.1. The van der Waals surface area contributed by atoms with Gasteiger partial charge in [0.25, 0.3) is 0 Å². The summed E-state index contributed by atoms with van der Waals surface area (Å²) in [7, 11) is 1.76. The third-order valence-corrected chi connectivity index (χ3v) is 3.97. The second-order valence-corrected chi connectivity index (χ2v) is 7.24. The van der Waals surface area contributed by atoms with Crippen LogP contribution in [0.3, 0.4) is 0 Å². The second-order valence-electron chi connectivity index (χ2n) is 4.34. The van der Waals surface area contributed by atoms with Crippen molar-refractivity contribution in [3.8, 4) is 0 Å². The van der Waals surface area contributed by atoms with Crippen molar-refractivity contribution in [1.82, 2.24) is 0 Å². The summed E-state index contributed by atoms with van der Waals surface area (Å²) in [4.78, 5) is 0. The first-order valence-corrected chi connectivity index (χ1v) is 7.97. The number of unbranched alkanes of at least 4 members (excludes halogenated alkanes) is 1. The quantitative estimate of drug-likeness (QED) is 0.494. The van der Waals surface area contributed by atoms with Crippen molar-refractivity contribution >= 4 is 19.7 Å². The molecule has 0 amide bonds. The summed E-state index contributed by atoms with van der Waals surface area (Å²) < 4.78 is 26.7. The maximum absolute atomic E-state index is 10.6. The maximum Gasteiger partial charge on any atom is 0.232 e. The van der Waals surface area contributed by atoms with Crippen molar-refractivity contribution in [2.24, 2.45) is 11.8 Å². The highest BCUT2D eigenvalue weighted by molar-refractivity contribution is 8.13. The van der Waals surface area contributed by atoms with E-state index in [1.54, 1.807) is 0 Å². The lowest BCUT2D eigenvalue weighted by Crippen LogP contribution is -2.09. The monoisotopic (exact) mass is 254 g/mol. The Morgan fingerprint density at radius 1 is 1.40 bits per heavy atom. The number of hydrogen-bond donors (Lipinski definition) is 0. The third-order valence-electron chi connectivity index (χ3n) is 2.73. The van der Waals surface area contributed by atoms with Gasteiger partial charge in [0.2, 0.25) is 9.05 Å². The van der Waals surface area contributed by atoms with E-state index in [9.17, 15) is 8.42 Å². The predicted octanol–water partition coefficient (Wildman–Crippen LogP) is 2.40. The van der Waals surface area contributed by atoms with Crippen LogP contribution in [0.25, 0.3) is 0 Å². The average Bonchev–Trinajstić information content (AvgIpc) is 2.91. The molecule has 0 N–H and O–H groups in total. The minimum Gasteiger partial charge on any atom is -0.381 e. The third kappa shape index (κ3) is 7.14. The van der Waals surface area contributed by atoms with Gasteiger partial charge < -0.3 is 4.74 Å². The van der Waals surface area contributed by atoms with Gasteiger partial charge in [-0.15, -0.1) is 0 Å². The van der Waals surface area contributed by atoms with E-state index in [0.29, 0.717) is 18.9 Å². The lowest BCUT2D eigenvalue weighted by molar-refractivity contribution is 0.0958. The van der Waals surface area contributed by atoms with E-state index in [0.717, 1.165) is 18.9 Å². The fourth-order valence-corrected chi connectivity index (χ4v) is 2.43. The first-order chi connectivity index (χ1) is 6.99. The van der Waals surface area contributed by atoms with Gasteiger partial charge in [0.05, 0.1) is 5.75 Å². The van der Waals surface area contributed by atoms with E-state index in [1.807, 2.05) is 0 Å². The molecule has 1 aliphatic carbocycles. The molecule has 1 rings (SSSR count). The van der Waals surface area contributed by atoms with Crippen LogP contribution in [0.1, 0.15) is 32.6 Å². The Bertz CT molecular complexity index is 272. The van der Waals surface area contributed by atoms with Crippen LogP contribution in [-0.4, -0.2) is 27.4 Å². The van der Waals surface area contributed by atoms with Crippen LogP contribution in [0.15, 0.2) is 0 Å². The van der Waals surface area contributed by atoms with Gasteiger partial charge in [-0.1, -0.05) is 6.92 Å². The van der Waals surface area contributed by atoms with E-state index in [1.165, 1.54) is 12.8 Å². The van der Waals surface area contributed by atoms with Crippen LogP contribution in [0.2, 0.25) is 0 Å². The van der Waals surface area contributed by atoms with Crippen molar-refractivity contribution in [3.05, 3.63) is 0 Å². The topological polar surface area (TPSA) is 43.4 Å². The van der Waals surface area contributed by atoms with Crippen LogP contribution >= 0.6 is 10.7 Å². The molecule has 0 aliphatic heterocycles. The van der Waals surface area contributed by atoms with Crippen molar-refractivity contribution in [1.29, 1.82) is 0 Å². The fraction of sp³-hybridized carbons (Fsp3) is 1.00. The van der Waals surface area contributed by atoms with Crippen LogP contribution in [-0.2, 0) is 13.8 Å². The Kier molecular flexibility index (Phi) is 5.36. The van der Waals surface area contributed by atoms with E-state index >= 15 is 0 Å². The molecule has 0 spiro atoms. The molecule has 0 aromatic carbocycles. The number of halogens is 1. The Morgan fingerprint density at radius 2 is 2.07 bits per heavy atom. The van der Waals surface area contributed by atoms with Crippen LogP contribution in [0.5, 0.6) is 0 Å². The van der Waals surface area contributed by atoms with E-state index < -0.39 is 9.05 Å². The smallest absolute Gasteiger partial charge is 0.232 e. The molecule has 0 radical (unpaired) electrons. The highest BCUT2D eigenvalue weighted by atomic mass is 35.7. The van der Waals surface area contributed by atoms with Crippen molar-refractivity contribution in [2.45, 2.75) is 32.6 Å². The van der Waals surface area contributed by atoms with Crippen molar-refractivity contribution < 1.29 is 13.2 Å². The van der Waals surface area contributed by atoms with Gasteiger partial charge in [0.1, 0.15) is 0 Å². The van der Waals surface area contributed by atoms with Gasteiger partial charge in [-0.05, 0) is 37.5 Å². The molecule has 0 saturated heterocycles. The van der Waals surface area contributed by atoms with Gasteiger partial charge >= 0.3 is 0 Å². The number of hydrogen-bond acceptors (Lipinski definition) is 3. The van der Waals surface area contributed by atoms with Crippen molar-refractivity contribution in [3.63, 3.8) is 0 Å². The van der Waals surface area contributed by atoms with Crippen LogP contribution in [0, 0.1) is 11.8 Å². The minimum absolute atomic E-state index is 0.0517. The highest BCUT2D eigenvalue weighted by Gasteiger charge is 2.27. The van der Waals surface area contributed by atoms with Crippen LogP contribution in [0.4, 0.5) is 0 Å². The molecular formula is C10H19ClO3S. The molecule has 1 unspecified atom stereocenters. The van der Waals surface area contributed by atoms with Crippen molar-refractivity contribution in [2.75, 3.05) is 19.0 Å². The standard InChI is InChI=1S/C10H19ClO3S/c1-9(10-4-5-10)8-14-6-2-3-7-15(11,12)13/h9-10H,2-8H2,1H3. The molecule has 1 atom stereocenters. The average molecular weight is 255 g/mol. The SMILES string of the molecule is CC(COCCCCS(=O)(=O)Cl)C1CC1. The molecule has 3 nitrogen and oxygen atoms in total. The zero-order valence-corrected chi connectivity index (χ0v) is 10.7. The lowest BCUT2D eigenvalue weighted by Gasteiger charge is -2.10. The Labute approximate surface area is 96.6 Å². The first kappa shape index (κ1) is 13.3. The van der Waals surface area contributed by atoms with Gasteiger partial charge in [-0.3, -0.25) is 0 Å². The Hall–Kier alpha value is 0.200. The second kappa shape index (κ2) is 6.06. The minimum atomic E-state index is -3.31. The number of ether oxygens (including phenoxy) is 1. The summed E-state index contributed by atoms with van der Waals surface area (Å²) >= 11 is 0. The van der Waals surface area contributed by atoms with E-state index in [2.05, 4.69) is 6.92 Å². The summed E-state index contributed by atoms with van der Waals surface area (Å²) in [6.07, 6.45) is 4.04. The van der Waals surface area contributed by atoms with Crippen LogP contribution < -0.4 is 0 Å². The molecule has 0 bridgehead atoms. The molecule has 15 heavy (non-hydrogen) atoms. The molecule has 1 fully saturated rings. The summed E-state index contributed by atoms with van der Waals surface area (Å²) in [6, 6.07) is 0. The van der Waals surface area contributed by atoms with Gasteiger partial charge in [0.15, 0.2) is 0 Å². The van der Waals surface area contributed by atoms with E-state index in [-0.39, 0.29) is 5.75 Å².